The van der Waals surface area contributed by atoms with Gasteiger partial charge in [-0.1, -0.05) is 38.3 Å². The van der Waals surface area contributed by atoms with Crippen LogP contribution in [0.25, 0.3) is 0 Å². The number of benzene rings is 1. The number of carbonyl (C=O) groups excluding carboxylic acids is 1. The van der Waals surface area contributed by atoms with Crippen molar-refractivity contribution < 1.29 is 4.79 Å². The summed E-state index contributed by atoms with van der Waals surface area (Å²) in [6.45, 7) is 4.28. The van der Waals surface area contributed by atoms with Crippen LogP contribution in [0.5, 0.6) is 0 Å². The van der Waals surface area contributed by atoms with E-state index in [1.165, 1.54) is 37.7 Å². The van der Waals surface area contributed by atoms with Crippen molar-refractivity contribution in [3.05, 3.63) is 35.4 Å². The minimum absolute atomic E-state index is 0.364. The normalized spacial score (nSPS) is 22.6. The molecule has 0 aromatic heterocycles. The summed E-state index contributed by atoms with van der Waals surface area (Å²) in [5.74, 6) is 1.44. The fourth-order valence-electron chi connectivity index (χ4n) is 3.05. The van der Waals surface area contributed by atoms with E-state index in [4.69, 9.17) is 5.73 Å². The summed E-state index contributed by atoms with van der Waals surface area (Å²) < 4.78 is 0. The summed E-state index contributed by atoms with van der Waals surface area (Å²) >= 11 is 0. The molecule has 0 heterocycles. The van der Waals surface area contributed by atoms with Gasteiger partial charge in [0.15, 0.2) is 0 Å². The Kier molecular flexibility index (Phi) is 5.60. The number of primary amides is 1. The molecule has 1 saturated carbocycles. The number of hydrogen-bond acceptors (Lipinski definition) is 2. The van der Waals surface area contributed by atoms with E-state index in [0.29, 0.717) is 5.56 Å². The van der Waals surface area contributed by atoms with Crippen LogP contribution in [0.1, 0.15) is 54.9 Å². The molecule has 0 unspecified atom stereocenters. The molecule has 0 spiro atoms. The number of nitrogens with one attached hydrogen (secondary N) is 1. The van der Waals surface area contributed by atoms with E-state index < -0.39 is 0 Å². The average molecular weight is 274 g/mol. The van der Waals surface area contributed by atoms with Gasteiger partial charge in [0.25, 0.3) is 0 Å². The zero-order valence-electron chi connectivity index (χ0n) is 12.4. The van der Waals surface area contributed by atoms with Crippen LogP contribution in [0.15, 0.2) is 24.3 Å². The molecule has 2 rings (SSSR count). The molecule has 3 nitrogen and oxygen atoms in total. The van der Waals surface area contributed by atoms with Crippen LogP contribution < -0.4 is 11.1 Å². The van der Waals surface area contributed by atoms with Gasteiger partial charge in [0.05, 0.1) is 0 Å². The van der Waals surface area contributed by atoms with Gasteiger partial charge in [0.2, 0.25) is 5.91 Å². The molecule has 0 atom stereocenters. The highest BCUT2D eigenvalue weighted by atomic mass is 16.1. The van der Waals surface area contributed by atoms with Crippen LogP contribution in [-0.2, 0) is 6.54 Å². The third-order valence-electron chi connectivity index (χ3n) is 4.54. The molecule has 1 aliphatic carbocycles. The Morgan fingerprint density at radius 1 is 1.15 bits per heavy atom. The molecule has 1 aromatic rings. The Labute approximate surface area is 121 Å². The fourth-order valence-corrected chi connectivity index (χ4v) is 3.05. The van der Waals surface area contributed by atoms with E-state index in [1.807, 2.05) is 12.1 Å². The fraction of sp³-hybridized carbons (Fsp3) is 0.588. The number of carbonyl (C=O) groups is 1. The van der Waals surface area contributed by atoms with Gasteiger partial charge in [-0.15, -0.1) is 0 Å². The van der Waals surface area contributed by atoms with Gasteiger partial charge in [-0.05, 0) is 48.9 Å². The quantitative estimate of drug-likeness (QED) is 0.837. The number of amides is 1. The number of nitrogens with two attached hydrogens (primary N) is 1. The molecule has 1 aliphatic rings. The molecule has 1 amide bonds. The van der Waals surface area contributed by atoms with Crippen LogP contribution in [0.3, 0.4) is 0 Å². The lowest BCUT2D eigenvalue weighted by Gasteiger charge is -2.27. The Bertz CT molecular complexity index is 419. The largest absolute Gasteiger partial charge is 0.366 e. The van der Waals surface area contributed by atoms with Crippen molar-refractivity contribution in [3.8, 4) is 0 Å². The van der Waals surface area contributed by atoms with Crippen molar-refractivity contribution in [2.45, 2.75) is 45.6 Å². The Hall–Kier alpha value is -1.35. The average Bonchev–Trinajstić information content (AvgIpc) is 2.48. The molecule has 0 saturated heterocycles. The Balaban J connectivity index is 1.69. The van der Waals surface area contributed by atoms with Gasteiger partial charge in [0, 0.05) is 12.1 Å². The predicted octanol–water partition coefficient (Wildman–Crippen LogP) is 3.09. The first-order valence-corrected chi connectivity index (χ1v) is 7.78. The summed E-state index contributed by atoms with van der Waals surface area (Å²) in [4.78, 5) is 11.0. The van der Waals surface area contributed by atoms with E-state index >= 15 is 0 Å². The summed E-state index contributed by atoms with van der Waals surface area (Å²) in [6.07, 6.45) is 6.87. The van der Waals surface area contributed by atoms with Gasteiger partial charge in [-0.3, -0.25) is 4.79 Å². The molecule has 3 heteroatoms. The van der Waals surface area contributed by atoms with E-state index in [2.05, 4.69) is 12.2 Å². The maximum absolute atomic E-state index is 11.0. The third-order valence-corrected chi connectivity index (χ3v) is 4.54. The molecule has 3 N–H and O–H groups in total. The highest BCUT2D eigenvalue weighted by Crippen LogP contribution is 2.30. The van der Waals surface area contributed by atoms with E-state index in [0.717, 1.165) is 24.9 Å². The van der Waals surface area contributed by atoms with Crippen LogP contribution >= 0.6 is 0 Å². The third kappa shape index (κ3) is 4.34. The SMILES string of the molecule is CCC1CCC(CNCc2ccc(C(N)=O)cc2)CC1. The van der Waals surface area contributed by atoms with Gasteiger partial charge in [-0.2, -0.15) is 0 Å². The first-order valence-electron chi connectivity index (χ1n) is 7.78. The van der Waals surface area contributed by atoms with Crippen molar-refractivity contribution in [2.75, 3.05) is 6.54 Å². The highest BCUT2D eigenvalue weighted by Gasteiger charge is 2.19. The molecule has 0 aliphatic heterocycles. The second kappa shape index (κ2) is 7.44. The lowest BCUT2D eigenvalue weighted by molar-refractivity contribution is 0.100. The van der Waals surface area contributed by atoms with E-state index in [-0.39, 0.29) is 5.91 Å². The smallest absolute Gasteiger partial charge is 0.248 e. The maximum Gasteiger partial charge on any atom is 0.248 e. The molecule has 0 radical (unpaired) electrons. The molecule has 1 fully saturated rings. The summed E-state index contributed by atoms with van der Waals surface area (Å²) in [7, 11) is 0. The van der Waals surface area contributed by atoms with Gasteiger partial charge in [0.1, 0.15) is 0 Å². The van der Waals surface area contributed by atoms with E-state index in [9.17, 15) is 4.79 Å². The lowest BCUT2D eigenvalue weighted by atomic mass is 9.81. The minimum Gasteiger partial charge on any atom is -0.366 e. The van der Waals surface area contributed by atoms with Crippen molar-refractivity contribution in [1.29, 1.82) is 0 Å². The van der Waals surface area contributed by atoms with Crippen LogP contribution in [0.4, 0.5) is 0 Å². The second-order valence-electron chi connectivity index (χ2n) is 5.99. The van der Waals surface area contributed by atoms with Crippen LogP contribution in [-0.4, -0.2) is 12.5 Å². The summed E-state index contributed by atoms with van der Waals surface area (Å²) in [5, 5.41) is 3.54. The number of rotatable bonds is 6. The highest BCUT2D eigenvalue weighted by molar-refractivity contribution is 5.92. The summed E-state index contributed by atoms with van der Waals surface area (Å²) in [5.41, 5.74) is 7.01. The topological polar surface area (TPSA) is 55.1 Å². The molecular weight excluding hydrogens is 248 g/mol. The zero-order valence-corrected chi connectivity index (χ0v) is 12.4. The van der Waals surface area contributed by atoms with Crippen molar-refractivity contribution in [2.24, 2.45) is 17.6 Å². The van der Waals surface area contributed by atoms with Gasteiger partial charge in [-0.25, -0.2) is 0 Å². The first-order chi connectivity index (χ1) is 9.69. The molecular formula is C17H26N2O. The number of hydrogen-bond donors (Lipinski definition) is 2. The Morgan fingerprint density at radius 3 is 2.30 bits per heavy atom. The van der Waals surface area contributed by atoms with Crippen LogP contribution in [0.2, 0.25) is 0 Å². The van der Waals surface area contributed by atoms with Crippen molar-refractivity contribution >= 4 is 5.91 Å². The molecule has 110 valence electrons. The molecule has 1 aromatic carbocycles. The van der Waals surface area contributed by atoms with E-state index in [1.54, 1.807) is 12.1 Å². The lowest BCUT2D eigenvalue weighted by Crippen LogP contribution is -2.26. The molecule has 0 bridgehead atoms. The van der Waals surface area contributed by atoms with Crippen molar-refractivity contribution in [1.82, 2.24) is 5.32 Å². The van der Waals surface area contributed by atoms with Crippen LogP contribution in [0, 0.1) is 11.8 Å². The molecule has 20 heavy (non-hydrogen) atoms. The Morgan fingerprint density at radius 2 is 1.75 bits per heavy atom. The zero-order chi connectivity index (χ0) is 14.4. The maximum atomic E-state index is 11.0. The summed E-state index contributed by atoms with van der Waals surface area (Å²) in [6, 6.07) is 7.54. The van der Waals surface area contributed by atoms with Gasteiger partial charge < -0.3 is 11.1 Å². The minimum atomic E-state index is -0.364. The first kappa shape index (κ1) is 15.0. The standard InChI is InChI=1S/C17H26N2O/c1-2-13-3-5-14(6-4-13)11-19-12-15-7-9-16(10-8-15)17(18)20/h7-10,13-14,19H,2-6,11-12H2,1H3,(H2,18,20). The van der Waals surface area contributed by atoms with Crippen molar-refractivity contribution in [3.63, 3.8) is 0 Å². The predicted molar refractivity (Wildman–Crippen MR) is 82.4 cm³/mol. The van der Waals surface area contributed by atoms with Gasteiger partial charge >= 0.3 is 0 Å². The second-order valence-corrected chi connectivity index (χ2v) is 5.99. The monoisotopic (exact) mass is 274 g/mol.